The van der Waals surface area contributed by atoms with Crippen molar-refractivity contribution in [3.8, 4) is 5.75 Å². The summed E-state index contributed by atoms with van der Waals surface area (Å²) in [5.74, 6) is -0.765. The number of ether oxygens (including phenoxy) is 1. The standard InChI is InChI=1S/C27H22BrNO4/c28-24-9-5-4-8-22(24)17-33-23-13-12-19-15-21(11-10-20(19)16-23)26(30)29-25(27(31)32)14-18-6-2-1-3-7-18/h1-13,15-16,25H,14,17H2,(H,29,30)(H,31,32)/t25-/m0/s1. The largest absolute Gasteiger partial charge is 0.489 e. The second kappa shape index (κ2) is 10.3. The molecule has 0 aliphatic carbocycles. The summed E-state index contributed by atoms with van der Waals surface area (Å²) >= 11 is 3.52. The lowest BCUT2D eigenvalue weighted by Crippen LogP contribution is -2.42. The van der Waals surface area contributed by atoms with E-state index in [1.807, 2.05) is 78.9 Å². The van der Waals surface area contributed by atoms with Crippen molar-refractivity contribution < 1.29 is 19.4 Å². The molecule has 2 N–H and O–H groups in total. The minimum atomic E-state index is -1.07. The van der Waals surface area contributed by atoms with Crippen molar-refractivity contribution in [1.82, 2.24) is 5.32 Å². The number of carboxylic acids is 1. The molecule has 166 valence electrons. The van der Waals surface area contributed by atoms with Gasteiger partial charge in [0.25, 0.3) is 5.91 Å². The SMILES string of the molecule is O=C(N[C@@H](Cc1ccccc1)C(=O)O)c1ccc2cc(OCc3ccccc3Br)ccc2c1. The van der Waals surface area contributed by atoms with Crippen LogP contribution in [0.5, 0.6) is 5.75 Å². The van der Waals surface area contributed by atoms with Gasteiger partial charge in [0.15, 0.2) is 0 Å². The van der Waals surface area contributed by atoms with Crippen molar-refractivity contribution in [1.29, 1.82) is 0 Å². The fourth-order valence-electron chi connectivity index (χ4n) is 3.52. The number of amides is 1. The van der Waals surface area contributed by atoms with Crippen LogP contribution in [0.25, 0.3) is 10.8 Å². The van der Waals surface area contributed by atoms with Gasteiger partial charge in [0, 0.05) is 22.0 Å². The van der Waals surface area contributed by atoms with Crippen LogP contribution in [-0.4, -0.2) is 23.0 Å². The molecule has 0 aromatic heterocycles. The van der Waals surface area contributed by atoms with Crippen molar-refractivity contribution in [3.63, 3.8) is 0 Å². The van der Waals surface area contributed by atoms with Gasteiger partial charge in [-0.15, -0.1) is 0 Å². The number of nitrogens with one attached hydrogen (secondary N) is 1. The molecule has 0 unspecified atom stereocenters. The first-order valence-electron chi connectivity index (χ1n) is 10.5. The van der Waals surface area contributed by atoms with Crippen molar-refractivity contribution >= 4 is 38.6 Å². The second-order valence-electron chi connectivity index (χ2n) is 7.66. The van der Waals surface area contributed by atoms with E-state index in [-0.39, 0.29) is 6.42 Å². The maximum absolute atomic E-state index is 12.7. The van der Waals surface area contributed by atoms with Crippen LogP contribution in [0.1, 0.15) is 21.5 Å². The summed E-state index contributed by atoms with van der Waals surface area (Å²) in [6.45, 7) is 0.436. The van der Waals surface area contributed by atoms with Crippen LogP contribution in [0.3, 0.4) is 0 Å². The van der Waals surface area contributed by atoms with Crippen LogP contribution in [0.2, 0.25) is 0 Å². The van der Waals surface area contributed by atoms with Gasteiger partial charge >= 0.3 is 5.97 Å². The predicted octanol–water partition coefficient (Wildman–Crippen LogP) is 5.61. The molecule has 0 aliphatic rings. The summed E-state index contributed by atoms with van der Waals surface area (Å²) in [5, 5.41) is 14.0. The summed E-state index contributed by atoms with van der Waals surface area (Å²) in [4.78, 5) is 24.4. The molecule has 0 bridgehead atoms. The van der Waals surface area contributed by atoms with E-state index in [0.29, 0.717) is 12.2 Å². The zero-order valence-corrected chi connectivity index (χ0v) is 19.3. The number of aliphatic carboxylic acids is 1. The second-order valence-corrected chi connectivity index (χ2v) is 8.51. The number of carbonyl (C=O) groups excluding carboxylic acids is 1. The molecule has 1 amide bonds. The zero-order valence-electron chi connectivity index (χ0n) is 17.7. The predicted molar refractivity (Wildman–Crippen MR) is 131 cm³/mol. The van der Waals surface area contributed by atoms with E-state index in [1.165, 1.54) is 0 Å². The summed E-state index contributed by atoms with van der Waals surface area (Å²) in [6.07, 6.45) is 0.216. The van der Waals surface area contributed by atoms with Gasteiger partial charge in [0.05, 0.1) is 0 Å². The van der Waals surface area contributed by atoms with Crippen LogP contribution >= 0.6 is 15.9 Å². The molecule has 33 heavy (non-hydrogen) atoms. The normalized spacial score (nSPS) is 11.7. The zero-order chi connectivity index (χ0) is 23.2. The highest BCUT2D eigenvalue weighted by Gasteiger charge is 2.21. The molecule has 6 heteroatoms. The van der Waals surface area contributed by atoms with Gasteiger partial charge in [-0.2, -0.15) is 0 Å². The topological polar surface area (TPSA) is 75.6 Å². The van der Waals surface area contributed by atoms with Gasteiger partial charge in [-0.3, -0.25) is 4.79 Å². The Labute approximate surface area is 200 Å². The third-order valence-electron chi connectivity index (χ3n) is 5.31. The van der Waals surface area contributed by atoms with Crippen molar-refractivity contribution in [3.05, 3.63) is 112 Å². The number of carboxylic acid groups (broad SMARTS) is 1. The summed E-state index contributed by atoms with van der Waals surface area (Å²) in [6, 6.07) is 27.1. The van der Waals surface area contributed by atoms with Crippen molar-refractivity contribution in [2.45, 2.75) is 19.1 Å². The summed E-state index contributed by atoms with van der Waals surface area (Å²) < 4.78 is 6.91. The fraction of sp³-hybridized carbons (Fsp3) is 0.111. The van der Waals surface area contributed by atoms with Gasteiger partial charge in [0.2, 0.25) is 0 Å². The van der Waals surface area contributed by atoms with Crippen LogP contribution in [0.15, 0.2) is 95.5 Å². The Hall–Kier alpha value is -3.64. The van der Waals surface area contributed by atoms with Gasteiger partial charge in [-0.25, -0.2) is 4.79 Å². The lowest BCUT2D eigenvalue weighted by Gasteiger charge is -2.15. The molecule has 0 heterocycles. The van der Waals surface area contributed by atoms with Crippen molar-refractivity contribution in [2.75, 3.05) is 0 Å². The molecule has 0 radical (unpaired) electrons. The van der Waals surface area contributed by atoms with E-state index in [4.69, 9.17) is 4.74 Å². The molecule has 4 aromatic carbocycles. The summed E-state index contributed by atoms with van der Waals surface area (Å²) in [7, 11) is 0. The molecule has 0 saturated carbocycles. The highest BCUT2D eigenvalue weighted by atomic mass is 79.9. The smallest absolute Gasteiger partial charge is 0.326 e. The maximum atomic E-state index is 12.7. The van der Waals surface area contributed by atoms with E-state index in [0.717, 1.165) is 32.1 Å². The molecular formula is C27H22BrNO4. The van der Waals surface area contributed by atoms with E-state index in [1.54, 1.807) is 12.1 Å². The molecule has 1 atom stereocenters. The highest BCUT2D eigenvalue weighted by Crippen LogP contribution is 2.24. The lowest BCUT2D eigenvalue weighted by molar-refractivity contribution is -0.139. The molecule has 5 nitrogen and oxygen atoms in total. The van der Waals surface area contributed by atoms with E-state index in [9.17, 15) is 14.7 Å². The van der Waals surface area contributed by atoms with E-state index >= 15 is 0 Å². The van der Waals surface area contributed by atoms with E-state index < -0.39 is 17.9 Å². The molecule has 4 aromatic rings. The number of rotatable bonds is 8. The summed E-state index contributed by atoms with van der Waals surface area (Å²) in [5.41, 5.74) is 2.30. The first-order valence-corrected chi connectivity index (χ1v) is 11.3. The third-order valence-corrected chi connectivity index (χ3v) is 6.09. The Kier molecular flexibility index (Phi) is 7.05. The fourth-order valence-corrected chi connectivity index (χ4v) is 3.92. The van der Waals surface area contributed by atoms with E-state index in [2.05, 4.69) is 21.2 Å². The quantitative estimate of drug-likeness (QED) is 0.327. The van der Waals surface area contributed by atoms with Crippen molar-refractivity contribution in [2.24, 2.45) is 0 Å². The molecule has 4 rings (SSSR count). The molecule has 0 aliphatic heterocycles. The Morgan fingerprint density at radius 2 is 1.58 bits per heavy atom. The Morgan fingerprint density at radius 1 is 0.879 bits per heavy atom. The average molecular weight is 504 g/mol. The number of fused-ring (bicyclic) bond motifs is 1. The van der Waals surface area contributed by atoms with Gasteiger partial charge in [-0.05, 0) is 46.7 Å². The molecular weight excluding hydrogens is 482 g/mol. The monoisotopic (exact) mass is 503 g/mol. The Balaban J connectivity index is 1.45. The first kappa shape index (κ1) is 22.6. The molecule has 0 saturated heterocycles. The van der Waals surface area contributed by atoms with Gasteiger partial charge < -0.3 is 15.2 Å². The molecule has 0 fully saturated rings. The van der Waals surface area contributed by atoms with Gasteiger partial charge in [0.1, 0.15) is 18.4 Å². The number of halogens is 1. The highest BCUT2D eigenvalue weighted by molar-refractivity contribution is 9.10. The number of carbonyl (C=O) groups is 2. The number of hydrogen-bond donors (Lipinski definition) is 2. The Morgan fingerprint density at radius 3 is 2.33 bits per heavy atom. The first-order chi connectivity index (χ1) is 16.0. The average Bonchev–Trinajstić information content (AvgIpc) is 2.83. The van der Waals surface area contributed by atoms with Crippen LogP contribution in [0, 0.1) is 0 Å². The van der Waals surface area contributed by atoms with Crippen LogP contribution < -0.4 is 10.1 Å². The minimum Gasteiger partial charge on any atom is -0.489 e. The van der Waals surface area contributed by atoms with Crippen LogP contribution in [-0.2, 0) is 17.8 Å². The lowest BCUT2D eigenvalue weighted by atomic mass is 10.0. The number of benzene rings is 4. The maximum Gasteiger partial charge on any atom is 0.326 e. The number of hydrogen-bond acceptors (Lipinski definition) is 3. The minimum absolute atomic E-state index is 0.216. The molecule has 0 spiro atoms. The third kappa shape index (κ3) is 5.79. The van der Waals surface area contributed by atoms with Gasteiger partial charge in [-0.1, -0.05) is 76.6 Å². The van der Waals surface area contributed by atoms with Crippen LogP contribution in [0.4, 0.5) is 0 Å². The Bertz CT molecular complexity index is 1290.